The van der Waals surface area contributed by atoms with Crippen molar-refractivity contribution in [2.45, 2.75) is 18.7 Å². The minimum absolute atomic E-state index is 0.110. The van der Waals surface area contributed by atoms with Crippen molar-refractivity contribution in [2.24, 2.45) is 0 Å². The number of nitriles is 1. The van der Waals surface area contributed by atoms with Crippen LogP contribution in [0.1, 0.15) is 35.3 Å². The van der Waals surface area contributed by atoms with E-state index in [1.807, 2.05) is 26.0 Å². The van der Waals surface area contributed by atoms with Crippen LogP contribution in [0.25, 0.3) is 0 Å². The first-order valence-electron chi connectivity index (χ1n) is 8.08. The zero-order valence-electron chi connectivity index (χ0n) is 14.4. The molecule has 4 nitrogen and oxygen atoms in total. The molecule has 1 heterocycles. The lowest BCUT2D eigenvalue weighted by molar-refractivity contribution is 0.103. The number of ketones is 1. The summed E-state index contributed by atoms with van der Waals surface area (Å²) in [6.07, 6.45) is 3.30. The predicted octanol–water partition coefficient (Wildman–Crippen LogP) is 5.40. The highest BCUT2D eigenvalue weighted by Gasteiger charge is 2.15. The summed E-state index contributed by atoms with van der Waals surface area (Å²) in [6, 6.07) is 15.0. The lowest BCUT2D eigenvalue weighted by Crippen LogP contribution is -2.01. The summed E-state index contributed by atoms with van der Waals surface area (Å²) >= 11 is 1.13. The van der Waals surface area contributed by atoms with Crippen LogP contribution < -0.4 is 4.72 Å². The first-order valence-corrected chi connectivity index (χ1v) is 8.89. The van der Waals surface area contributed by atoms with Crippen molar-refractivity contribution in [3.05, 3.63) is 83.4 Å². The summed E-state index contributed by atoms with van der Waals surface area (Å²) < 4.78 is 16.8. The Bertz CT molecular complexity index is 916. The SMILES string of the molecule is CC.N#Cc1ccc(NSc2c[nH]cc2C(=O)c2ccccc2)c(F)c1. The standard InChI is InChI=1S/C18H12FN3OS.C2H6/c19-15-8-12(9-20)6-7-16(15)22-24-17-11-21-10-14(17)18(23)13-4-2-1-3-5-13;1-2/h1-8,10-11,21-22H;1-2H3. The lowest BCUT2D eigenvalue weighted by Gasteiger charge is -2.07. The fourth-order valence-electron chi connectivity index (χ4n) is 2.13. The minimum Gasteiger partial charge on any atom is -0.366 e. The second kappa shape index (κ2) is 9.44. The Hall–Kier alpha value is -3.04. The van der Waals surface area contributed by atoms with E-state index in [0.717, 1.165) is 18.0 Å². The average Bonchev–Trinajstić information content (AvgIpc) is 3.17. The lowest BCUT2D eigenvalue weighted by atomic mass is 10.1. The van der Waals surface area contributed by atoms with Gasteiger partial charge < -0.3 is 9.71 Å². The van der Waals surface area contributed by atoms with E-state index in [2.05, 4.69) is 9.71 Å². The molecule has 0 aliphatic heterocycles. The number of hydrogen-bond acceptors (Lipinski definition) is 4. The third-order valence-electron chi connectivity index (χ3n) is 3.36. The number of nitrogens with zero attached hydrogens (tertiary/aromatic N) is 1. The molecule has 0 saturated carbocycles. The average molecular weight is 367 g/mol. The van der Waals surface area contributed by atoms with Crippen molar-refractivity contribution in [3.63, 3.8) is 0 Å². The summed E-state index contributed by atoms with van der Waals surface area (Å²) in [4.78, 5) is 16.1. The van der Waals surface area contributed by atoms with Gasteiger partial charge >= 0.3 is 0 Å². The van der Waals surface area contributed by atoms with Gasteiger partial charge in [-0.3, -0.25) is 4.79 Å². The molecule has 3 aromatic rings. The molecule has 0 radical (unpaired) electrons. The van der Waals surface area contributed by atoms with Gasteiger partial charge in [-0.1, -0.05) is 44.2 Å². The third kappa shape index (κ3) is 4.52. The molecule has 0 fully saturated rings. The van der Waals surface area contributed by atoms with Crippen molar-refractivity contribution in [2.75, 3.05) is 4.72 Å². The maximum atomic E-state index is 13.9. The van der Waals surface area contributed by atoms with E-state index in [-0.39, 0.29) is 17.0 Å². The number of nitrogens with one attached hydrogen (secondary N) is 2. The number of halogens is 1. The van der Waals surface area contributed by atoms with Crippen LogP contribution in [-0.2, 0) is 0 Å². The van der Waals surface area contributed by atoms with Crippen LogP contribution in [0.5, 0.6) is 0 Å². The minimum atomic E-state index is -0.520. The number of carbonyl (C=O) groups excluding carboxylic acids is 1. The number of aromatic nitrogens is 1. The number of H-pyrrole nitrogens is 1. The quantitative estimate of drug-likeness (QED) is 0.468. The second-order valence-corrected chi connectivity index (χ2v) is 5.79. The van der Waals surface area contributed by atoms with Crippen LogP contribution >= 0.6 is 11.9 Å². The molecular weight excluding hydrogens is 349 g/mol. The van der Waals surface area contributed by atoms with Crippen LogP contribution in [0.3, 0.4) is 0 Å². The second-order valence-electron chi connectivity index (χ2n) is 4.94. The molecule has 0 spiro atoms. The molecular formula is C20H18FN3OS. The summed E-state index contributed by atoms with van der Waals surface area (Å²) in [5, 5.41) is 8.75. The fraction of sp³-hybridized carbons (Fsp3) is 0.100. The van der Waals surface area contributed by atoms with Gasteiger partial charge in [-0.25, -0.2) is 4.39 Å². The maximum absolute atomic E-state index is 13.9. The highest BCUT2D eigenvalue weighted by molar-refractivity contribution is 8.00. The molecule has 6 heteroatoms. The Morgan fingerprint density at radius 2 is 1.88 bits per heavy atom. The van der Waals surface area contributed by atoms with Crippen molar-refractivity contribution in [1.29, 1.82) is 5.26 Å². The normalized spacial score (nSPS) is 9.62. The Labute approximate surface area is 156 Å². The zero-order chi connectivity index (χ0) is 18.9. The summed E-state index contributed by atoms with van der Waals surface area (Å²) in [5.41, 5.74) is 1.60. The van der Waals surface area contributed by atoms with E-state index in [1.54, 1.807) is 36.7 Å². The number of carbonyl (C=O) groups is 1. The van der Waals surface area contributed by atoms with E-state index in [0.29, 0.717) is 16.0 Å². The molecule has 0 aliphatic carbocycles. The van der Waals surface area contributed by atoms with Crippen LogP contribution in [0.15, 0.2) is 65.8 Å². The number of rotatable bonds is 5. The van der Waals surface area contributed by atoms with Gasteiger partial charge in [0.05, 0.1) is 27.8 Å². The Kier molecular flexibility index (Phi) is 7.01. The third-order valence-corrected chi connectivity index (χ3v) is 4.24. The van der Waals surface area contributed by atoms with E-state index in [1.165, 1.54) is 12.1 Å². The van der Waals surface area contributed by atoms with Crippen LogP contribution in [0.2, 0.25) is 0 Å². The van der Waals surface area contributed by atoms with E-state index in [4.69, 9.17) is 5.26 Å². The Morgan fingerprint density at radius 3 is 2.54 bits per heavy atom. The molecule has 0 unspecified atom stereocenters. The van der Waals surface area contributed by atoms with Gasteiger partial charge in [0.2, 0.25) is 0 Å². The molecule has 3 rings (SSSR count). The van der Waals surface area contributed by atoms with Gasteiger partial charge in [0.25, 0.3) is 0 Å². The summed E-state index contributed by atoms with van der Waals surface area (Å²) in [7, 11) is 0. The first-order chi connectivity index (χ1) is 12.7. The van der Waals surface area contributed by atoms with Gasteiger partial charge in [-0.05, 0) is 30.1 Å². The van der Waals surface area contributed by atoms with E-state index in [9.17, 15) is 9.18 Å². The first kappa shape index (κ1) is 19.3. The number of benzene rings is 2. The van der Waals surface area contributed by atoms with Crippen molar-refractivity contribution in [1.82, 2.24) is 4.98 Å². The summed E-state index contributed by atoms with van der Waals surface area (Å²) in [6.45, 7) is 4.00. The van der Waals surface area contributed by atoms with Gasteiger partial charge in [0.15, 0.2) is 5.78 Å². The smallest absolute Gasteiger partial charge is 0.195 e. The molecule has 132 valence electrons. The van der Waals surface area contributed by atoms with Crippen LogP contribution in [0.4, 0.5) is 10.1 Å². The topological polar surface area (TPSA) is 68.7 Å². The van der Waals surface area contributed by atoms with Gasteiger partial charge in [0.1, 0.15) is 5.82 Å². The number of hydrogen-bond donors (Lipinski definition) is 2. The van der Waals surface area contributed by atoms with Gasteiger partial charge in [0, 0.05) is 18.0 Å². The molecule has 0 aliphatic rings. The molecule has 2 aromatic carbocycles. The highest BCUT2D eigenvalue weighted by atomic mass is 32.2. The van der Waals surface area contributed by atoms with Gasteiger partial charge in [-0.15, -0.1) is 0 Å². The Morgan fingerprint density at radius 1 is 1.15 bits per heavy atom. The molecule has 0 saturated heterocycles. The van der Waals surface area contributed by atoms with Crippen LogP contribution in [0, 0.1) is 17.1 Å². The van der Waals surface area contributed by atoms with Crippen molar-refractivity contribution >= 4 is 23.4 Å². The van der Waals surface area contributed by atoms with Gasteiger partial charge in [-0.2, -0.15) is 5.26 Å². The molecule has 0 atom stereocenters. The fourth-order valence-corrected chi connectivity index (χ4v) is 2.91. The predicted molar refractivity (Wildman–Crippen MR) is 103 cm³/mol. The molecule has 0 amide bonds. The number of aromatic amines is 1. The molecule has 2 N–H and O–H groups in total. The highest BCUT2D eigenvalue weighted by Crippen LogP contribution is 2.27. The zero-order valence-corrected chi connectivity index (χ0v) is 15.2. The monoisotopic (exact) mass is 367 g/mol. The molecule has 26 heavy (non-hydrogen) atoms. The molecule has 0 bridgehead atoms. The number of anilines is 1. The van der Waals surface area contributed by atoms with Crippen molar-refractivity contribution in [3.8, 4) is 6.07 Å². The Balaban J connectivity index is 0.00000117. The summed E-state index contributed by atoms with van der Waals surface area (Å²) in [5.74, 6) is -0.630. The molecule has 1 aromatic heterocycles. The van der Waals surface area contributed by atoms with Crippen molar-refractivity contribution < 1.29 is 9.18 Å². The maximum Gasteiger partial charge on any atom is 0.195 e. The van der Waals surface area contributed by atoms with Crippen LogP contribution in [-0.4, -0.2) is 10.8 Å². The van der Waals surface area contributed by atoms with E-state index < -0.39 is 5.82 Å². The van der Waals surface area contributed by atoms with E-state index >= 15 is 0 Å². The largest absolute Gasteiger partial charge is 0.366 e.